The van der Waals surface area contributed by atoms with E-state index in [4.69, 9.17) is 19.9 Å². The lowest BCUT2D eigenvalue weighted by Crippen LogP contribution is -2.38. The molecule has 2 aromatic rings. The van der Waals surface area contributed by atoms with Gasteiger partial charge in [-0.3, -0.25) is 14.5 Å². The van der Waals surface area contributed by atoms with Gasteiger partial charge in [-0.15, -0.1) is 10.2 Å². The normalized spacial score (nSPS) is 19.3. The second kappa shape index (κ2) is 13.0. The molecule has 11 nitrogen and oxygen atoms in total. The summed E-state index contributed by atoms with van der Waals surface area (Å²) >= 11 is 2.59. The fraction of sp³-hybridized carbons (Fsp3) is 0.483. The summed E-state index contributed by atoms with van der Waals surface area (Å²) in [5.41, 5.74) is 8.74. The van der Waals surface area contributed by atoms with Gasteiger partial charge in [0.1, 0.15) is 5.82 Å². The van der Waals surface area contributed by atoms with E-state index in [-0.39, 0.29) is 34.9 Å². The van der Waals surface area contributed by atoms with Crippen LogP contribution in [0.1, 0.15) is 62.8 Å². The standard InChI is InChI=1S/C29H34N6O5S2/c1-38-21-12-16(13-22(39-2)26(21)40-3)24-18(14-30)27(31)35(19-10-7-11-20(36)25(19)24)28-33-34-29(42-28)41-15-23(37)32-17-8-5-4-6-9-17/h12-13,17,24H,4-11,15,31H2,1-3H3,(H,32,37). The highest BCUT2D eigenvalue weighted by molar-refractivity contribution is 8.01. The number of Topliss-reactive ketones (excluding diaryl/α,β-unsaturated/α-hetero) is 1. The molecule has 1 saturated carbocycles. The molecule has 2 aliphatic carbocycles. The van der Waals surface area contributed by atoms with Crippen molar-refractivity contribution in [2.45, 2.75) is 67.7 Å². The van der Waals surface area contributed by atoms with E-state index in [1.807, 2.05) is 0 Å². The molecule has 1 aromatic heterocycles. The van der Waals surface area contributed by atoms with Gasteiger partial charge in [-0.05, 0) is 43.4 Å². The summed E-state index contributed by atoms with van der Waals surface area (Å²) < 4.78 is 17.2. The molecule has 5 rings (SSSR count). The number of carbonyl (C=O) groups is 2. The van der Waals surface area contributed by atoms with Crippen LogP contribution in [0.5, 0.6) is 17.2 Å². The maximum atomic E-state index is 13.5. The summed E-state index contributed by atoms with van der Waals surface area (Å²) in [6.45, 7) is 0. The Labute approximate surface area is 253 Å². The van der Waals surface area contributed by atoms with Gasteiger partial charge in [0.15, 0.2) is 21.6 Å². The molecule has 0 saturated heterocycles. The Bertz CT molecular complexity index is 1450. The minimum atomic E-state index is -0.715. The van der Waals surface area contributed by atoms with Gasteiger partial charge in [-0.1, -0.05) is 42.4 Å². The molecule has 1 aliphatic heterocycles. The minimum Gasteiger partial charge on any atom is -0.493 e. The number of carbonyl (C=O) groups excluding carboxylic acids is 2. The first-order chi connectivity index (χ1) is 20.4. The van der Waals surface area contributed by atoms with E-state index in [0.29, 0.717) is 62.8 Å². The number of aromatic nitrogens is 2. The lowest BCUT2D eigenvalue weighted by atomic mass is 9.75. The molecule has 2 heterocycles. The Balaban J connectivity index is 1.47. The second-order valence-electron chi connectivity index (χ2n) is 10.3. The Kier molecular flexibility index (Phi) is 9.23. The number of thioether (sulfide) groups is 1. The number of rotatable bonds is 9. The van der Waals surface area contributed by atoms with Crippen LogP contribution in [0.3, 0.4) is 0 Å². The zero-order valence-corrected chi connectivity index (χ0v) is 25.5. The van der Waals surface area contributed by atoms with Crippen molar-refractivity contribution < 1.29 is 23.8 Å². The van der Waals surface area contributed by atoms with Crippen LogP contribution in [0, 0.1) is 11.3 Å². The zero-order valence-electron chi connectivity index (χ0n) is 23.9. The van der Waals surface area contributed by atoms with Crippen LogP contribution < -0.4 is 30.2 Å². The number of nitrogens with zero attached hydrogens (tertiary/aromatic N) is 4. The molecule has 42 heavy (non-hydrogen) atoms. The number of allylic oxidation sites excluding steroid dienone is 3. The van der Waals surface area contributed by atoms with Crippen molar-refractivity contribution in [2.75, 3.05) is 32.0 Å². The first-order valence-electron chi connectivity index (χ1n) is 13.9. The van der Waals surface area contributed by atoms with Gasteiger partial charge < -0.3 is 25.3 Å². The molecule has 1 fully saturated rings. The average molecular weight is 611 g/mol. The maximum absolute atomic E-state index is 13.5. The van der Waals surface area contributed by atoms with Crippen LogP contribution in [0.15, 0.2) is 39.1 Å². The highest BCUT2D eigenvalue weighted by atomic mass is 32.2. The Morgan fingerprint density at radius 2 is 1.83 bits per heavy atom. The number of amides is 1. The van der Waals surface area contributed by atoms with Crippen LogP contribution in [-0.4, -0.2) is 55.0 Å². The van der Waals surface area contributed by atoms with Crippen molar-refractivity contribution in [3.63, 3.8) is 0 Å². The van der Waals surface area contributed by atoms with Crippen LogP contribution in [0.4, 0.5) is 5.13 Å². The molecule has 1 aromatic carbocycles. The average Bonchev–Trinajstić information content (AvgIpc) is 3.47. The highest BCUT2D eigenvalue weighted by Crippen LogP contribution is 2.50. The summed E-state index contributed by atoms with van der Waals surface area (Å²) in [5.74, 6) is 0.855. The number of nitriles is 1. The molecule has 0 bridgehead atoms. The van der Waals surface area contributed by atoms with Gasteiger partial charge in [0.05, 0.1) is 44.6 Å². The third-order valence-electron chi connectivity index (χ3n) is 7.82. The van der Waals surface area contributed by atoms with E-state index < -0.39 is 5.92 Å². The van der Waals surface area contributed by atoms with Crippen LogP contribution in [-0.2, 0) is 9.59 Å². The van der Waals surface area contributed by atoms with Gasteiger partial charge in [0.25, 0.3) is 0 Å². The van der Waals surface area contributed by atoms with E-state index in [0.717, 1.165) is 25.7 Å². The first kappa shape index (κ1) is 29.7. The number of nitrogens with one attached hydrogen (secondary N) is 1. The summed E-state index contributed by atoms with van der Waals surface area (Å²) in [4.78, 5) is 27.7. The molecular formula is C29H34N6O5S2. The summed E-state index contributed by atoms with van der Waals surface area (Å²) in [6.07, 6.45) is 7.15. The lowest BCUT2D eigenvalue weighted by molar-refractivity contribution is -0.119. The Morgan fingerprint density at radius 3 is 2.48 bits per heavy atom. The molecule has 13 heteroatoms. The second-order valence-corrected chi connectivity index (χ2v) is 12.5. The number of ether oxygens (including phenoxy) is 3. The van der Waals surface area contributed by atoms with Crippen molar-refractivity contribution in [3.05, 3.63) is 40.4 Å². The predicted octanol–water partition coefficient (Wildman–Crippen LogP) is 4.41. The number of hydrogen-bond donors (Lipinski definition) is 2. The largest absolute Gasteiger partial charge is 0.493 e. The molecule has 1 amide bonds. The van der Waals surface area contributed by atoms with Crippen molar-refractivity contribution >= 4 is 39.9 Å². The van der Waals surface area contributed by atoms with Gasteiger partial charge in [-0.25, -0.2) is 0 Å². The first-order valence-corrected chi connectivity index (χ1v) is 15.7. The SMILES string of the molecule is COc1cc(C2C(C#N)=C(N)N(c3nnc(SCC(=O)NC4CCCCC4)s3)C3=C2C(=O)CCC3)cc(OC)c1OC. The predicted molar refractivity (Wildman–Crippen MR) is 160 cm³/mol. The Morgan fingerprint density at radius 1 is 1.12 bits per heavy atom. The van der Waals surface area contributed by atoms with Crippen LogP contribution in [0.25, 0.3) is 0 Å². The van der Waals surface area contributed by atoms with E-state index in [9.17, 15) is 14.9 Å². The Hall–Kier alpha value is -3.76. The van der Waals surface area contributed by atoms with Gasteiger partial charge in [-0.2, -0.15) is 5.26 Å². The maximum Gasteiger partial charge on any atom is 0.230 e. The third kappa shape index (κ3) is 5.78. The summed E-state index contributed by atoms with van der Waals surface area (Å²) in [7, 11) is 4.54. The van der Waals surface area contributed by atoms with Crippen molar-refractivity contribution in [2.24, 2.45) is 5.73 Å². The molecule has 3 aliphatic rings. The molecule has 1 unspecified atom stereocenters. The monoisotopic (exact) mass is 610 g/mol. The van der Waals surface area contributed by atoms with Gasteiger partial charge >= 0.3 is 0 Å². The molecule has 1 atom stereocenters. The quantitative estimate of drug-likeness (QED) is 0.388. The number of methoxy groups -OCH3 is 3. The smallest absolute Gasteiger partial charge is 0.230 e. The summed E-state index contributed by atoms with van der Waals surface area (Å²) in [6, 6.07) is 5.99. The highest BCUT2D eigenvalue weighted by Gasteiger charge is 2.42. The topological polar surface area (TPSA) is 153 Å². The fourth-order valence-corrected chi connectivity index (χ4v) is 7.59. The minimum absolute atomic E-state index is 0.0242. The van der Waals surface area contributed by atoms with Crippen molar-refractivity contribution in [1.82, 2.24) is 15.5 Å². The van der Waals surface area contributed by atoms with E-state index in [1.54, 1.807) is 17.0 Å². The summed E-state index contributed by atoms with van der Waals surface area (Å²) in [5, 5.41) is 22.6. The van der Waals surface area contributed by atoms with Gasteiger partial charge in [0, 0.05) is 23.7 Å². The third-order valence-corrected chi connectivity index (χ3v) is 9.86. The molecular weight excluding hydrogens is 576 g/mol. The van der Waals surface area contributed by atoms with E-state index in [2.05, 4.69) is 21.6 Å². The number of benzene rings is 1. The lowest BCUT2D eigenvalue weighted by Gasteiger charge is -2.38. The zero-order chi connectivity index (χ0) is 29.8. The number of nitrogens with two attached hydrogens (primary N) is 1. The molecule has 222 valence electrons. The van der Waals surface area contributed by atoms with Crippen LogP contribution in [0.2, 0.25) is 0 Å². The van der Waals surface area contributed by atoms with Crippen LogP contribution >= 0.6 is 23.1 Å². The molecule has 3 N–H and O–H groups in total. The van der Waals surface area contributed by atoms with Crippen molar-refractivity contribution in [3.8, 4) is 23.3 Å². The van der Waals surface area contributed by atoms with E-state index in [1.165, 1.54) is 50.8 Å². The number of ketones is 1. The number of hydrogen-bond acceptors (Lipinski definition) is 12. The van der Waals surface area contributed by atoms with E-state index >= 15 is 0 Å². The molecule has 0 radical (unpaired) electrons. The number of anilines is 1. The van der Waals surface area contributed by atoms with Gasteiger partial charge in [0.2, 0.25) is 16.8 Å². The molecule has 0 spiro atoms. The fourth-order valence-electron chi connectivity index (χ4n) is 5.90. The van der Waals surface area contributed by atoms with Crippen molar-refractivity contribution in [1.29, 1.82) is 5.26 Å².